The van der Waals surface area contributed by atoms with Crippen molar-refractivity contribution in [1.29, 1.82) is 0 Å². The lowest BCUT2D eigenvalue weighted by Crippen LogP contribution is -2.36. The molecule has 1 heterocycles. The number of nitrogens with two attached hydrogens (primary N) is 1. The molecule has 2 N–H and O–H groups in total. The Hall–Kier alpha value is -0.970. The summed E-state index contributed by atoms with van der Waals surface area (Å²) in [5.74, 6) is 2.08. The maximum absolute atomic E-state index is 12.5. The van der Waals surface area contributed by atoms with Crippen LogP contribution < -0.4 is 10.5 Å². The third-order valence-corrected chi connectivity index (χ3v) is 4.96. The van der Waals surface area contributed by atoms with Crippen LogP contribution in [0, 0.1) is 11.8 Å². The van der Waals surface area contributed by atoms with E-state index in [1.54, 1.807) is 19.2 Å². The number of methoxy groups -OCH3 is 1. The van der Waals surface area contributed by atoms with Gasteiger partial charge in [-0.2, -0.15) is 0 Å². The van der Waals surface area contributed by atoms with E-state index in [1.807, 2.05) is 0 Å². The number of ketones is 1. The highest BCUT2D eigenvalue weighted by Gasteiger charge is 2.22. The summed E-state index contributed by atoms with van der Waals surface area (Å²) in [6, 6.07) is 3.44. The fourth-order valence-corrected chi connectivity index (χ4v) is 3.62. The van der Waals surface area contributed by atoms with Crippen molar-refractivity contribution in [3.63, 3.8) is 0 Å². The molecule has 25 heavy (non-hydrogen) atoms. The molecular weight excluding hydrogens is 359 g/mol. The third kappa shape index (κ3) is 6.69. The van der Waals surface area contributed by atoms with Gasteiger partial charge in [0.25, 0.3) is 0 Å². The van der Waals surface area contributed by atoms with Crippen LogP contribution >= 0.6 is 24.0 Å². The van der Waals surface area contributed by atoms with Gasteiger partial charge in [0, 0.05) is 31.0 Å². The van der Waals surface area contributed by atoms with E-state index in [0.29, 0.717) is 41.1 Å². The molecule has 1 aliphatic rings. The minimum atomic E-state index is 0. The average Bonchev–Trinajstić information content (AvgIpc) is 2.52. The minimum absolute atomic E-state index is 0. The van der Waals surface area contributed by atoms with Crippen LogP contribution in [0.4, 0.5) is 5.69 Å². The molecule has 1 saturated heterocycles. The second kappa shape index (κ2) is 10.2. The molecule has 0 saturated carbocycles. The highest BCUT2D eigenvalue weighted by Crippen LogP contribution is 2.30. The molecule has 1 aromatic carbocycles. The van der Waals surface area contributed by atoms with Crippen LogP contribution in [0.2, 0.25) is 5.02 Å². The molecule has 4 nitrogen and oxygen atoms in total. The Bertz CT molecular complexity index is 571. The number of benzene rings is 1. The molecular formula is C19H30Cl2N2O2. The highest BCUT2D eigenvalue weighted by atomic mass is 35.5. The molecule has 0 aromatic heterocycles. The Balaban J connectivity index is 0.00000312. The van der Waals surface area contributed by atoms with Crippen molar-refractivity contribution >= 4 is 35.5 Å². The van der Waals surface area contributed by atoms with Gasteiger partial charge in [0.15, 0.2) is 0 Å². The summed E-state index contributed by atoms with van der Waals surface area (Å²) >= 11 is 6.08. The van der Waals surface area contributed by atoms with Crippen LogP contribution in [-0.4, -0.2) is 37.4 Å². The van der Waals surface area contributed by atoms with Gasteiger partial charge >= 0.3 is 0 Å². The Labute approximate surface area is 162 Å². The lowest BCUT2D eigenvalue weighted by Gasteiger charge is -2.32. The number of hydrogen-bond donors (Lipinski definition) is 1. The quantitative estimate of drug-likeness (QED) is 0.710. The van der Waals surface area contributed by atoms with Gasteiger partial charge in [0.05, 0.1) is 17.8 Å². The number of rotatable bonds is 7. The SMILES string of the molecule is COc1cc(N)c(Cl)cc1CC(=O)CC1CCN(CC(C)C)CC1.Cl. The highest BCUT2D eigenvalue weighted by molar-refractivity contribution is 6.33. The van der Waals surface area contributed by atoms with Crippen LogP contribution in [0.15, 0.2) is 12.1 Å². The number of piperidine rings is 1. The topological polar surface area (TPSA) is 55.6 Å². The van der Waals surface area contributed by atoms with Crippen LogP contribution in [-0.2, 0) is 11.2 Å². The van der Waals surface area contributed by atoms with E-state index in [0.717, 1.165) is 38.0 Å². The Morgan fingerprint density at radius 2 is 2.00 bits per heavy atom. The van der Waals surface area contributed by atoms with Gasteiger partial charge in [0.2, 0.25) is 0 Å². The van der Waals surface area contributed by atoms with E-state index in [1.165, 1.54) is 0 Å². The van der Waals surface area contributed by atoms with E-state index >= 15 is 0 Å². The summed E-state index contributed by atoms with van der Waals surface area (Å²) in [6.07, 6.45) is 3.21. The molecule has 1 aliphatic heterocycles. The van der Waals surface area contributed by atoms with Crippen molar-refractivity contribution in [2.24, 2.45) is 11.8 Å². The fraction of sp³-hybridized carbons (Fsp3) is 0.632. The van der Waals surface area contributed by atoms with Gasteiger partial charge in [-0.15, -0.1) is 12.4 Å². The van der Waals surface area contributed by atoms with Gasteiger partial charge in [-0.05, 0) is 43.8 Å². The summed E-state index contributed by atoms with van der Waals surface area (Å²) in [5, 5.41) is 0.473. The van der Waals surface area contributed by atoms with E-state index in [-0.39, 0.29) is 18.2 Å². The zero-order valence-electron chi connectivity index (χ0n) is 15.4. The maximum Gasteiger partial charge on any atom is 0.137 e. The smallest absolute Gasteiger partial charge is 0.137 e. The molecule has 2 rings (SSSR count). The number of nitrogen functional groups attached to an aromatic ring is 1. The van der Waals surface area contributed by atoms with E-state index < -0.39 is 0 Å². The number of Topliss-reactive ketones (excluding diaryl/α,β-unsaturated/α-hetero) is 1. The first-order valence-electron chi connectivity index (χ1n) is 8.75. The molecule has 0 amide bonds. The average molecular weight is 389 g/mol. The van der Waals surface area contributed by atoms with Crippen molar-refractivity contribution < 1.29 is 9.53 Å². The third-order valence-electron chi connectivity index (χ3n) is 4.63. The van der Waals surface area contributed by atoms with E-state index in [2.05, 4.69) is 18.7 Å². The lowest BCUT2D eigenvalue weighted by molar-refractivity contribution is -0.119. The van der Waals surface area contributed by atoms with E-state index in [9.17, 15) is 4.79 Å². The van der Waals surface area contributed by atoms with Crippen molar-refractivity contribution in [2.75, 3.05) is 32.5 Å². The van der Waals surface area contributed by atoms with Crippen LogP contribution in [0.5, 0.6) is 5.75 Å². The zero-order valence-corrected chi connectivity index (χ0v) is 17.0. The minimum Gasteiger partial charge on any atom is -0.496 e. The standard InChI is InChI=1S/C19H29ClN2O2.ClH/c1-13(2)12-22-6-4-14(5-7-22)8-16(23)9-15-10-17(20)18(21)11-19(15)24-3;/h10-11,13-14H,4-9,12,21H2,1-3H3;1H. The molecule has 0 radical (unpaired) electrons. The first-order valence-corrected chi connectivity index (χ1v) is 9.12. The summed E-state index contributed by atoms with van der Waals surface area (Å²) in [5.41, 5.74) is 7.08. The molecule has 0 spiro atoms. The number of hydrogen-bond acceptors (Lipinski definition) is 4. The van der Waals surface area contributed by atoms with Gasteiger partial charge < -0.3 is 15.4 Å². The molecule has 0 atom stereocenters. The van der Waals surface area contributed by atoms with Crippen molar-refractivity contribution in [3.05, 3.63) is 22.7 Å². The van der Waals surface area contributed by atoms with Gasteiger partial charge in [0.1, 0.15) is 11.5 Å². The normalized spacial score (nSPS) is 15.9. The zero-order chi connectivity index (χ0) is 17.7. The van der Waals surface area contributed by atoms with Gasteiger partial charge in [-0.25, -0.2) is 0 Å². The molecule has 142 valence electrons. The number of halogens is 2. The predicted octanol–water partition coefficient (Wildman–Crippen LogP) is 4.22. The molecule has 0 bridgehead atoms. The van der Waals surface area contributed by atoms with Crippen LogP contribution in [0.1, 0.15) is 38.7 Å². The molecule has 0 unspecified atom stereocenters. The van der Waals surface area contributed by atoms with Crippen molar-refractivity contribution in [3.8, 4) is 5.75 Å². The second-order valence-corrected chi connectivity index (χ2v) is 7.65. The number of carbonyl (C=O) groups is 1. The van der Waals surface area contributed by atoms with Crippen LogP contribution in [0.3, 0.4) is 0 Å². The Morgan fingerprint density at radius 3 is 2.56 bits per heavy atom. The number of ether oxygens (including phenoxy) is 1. The largest absolute Gasteiger partial charge is 0.496 e. The predicted molar refractivity (Wildman–Crippen MR) is 107 cm³/mol. The molecule has 0 aliphatic carbocycles. The summed E-state index contributed by atoms with van der Waals surface area (Å²) in [4.78, 5) is 15.0. The summed E-state index contributed by atoms with van der Waals surface area (Å²) in [6.45, 7) is 7.86. The first-order chi connectivity index (χ1) is 11.4. The van der Waals surface area contributed by atoms with E-state index in [4.69, 9.17) is 22.1 Å². The maximum atomic E-state index is 12.5. The Morgan fingerprint density at radius 1 is 1.36 bits per heavy atom. The molecule has 6 heteroatoms. The van der Waals surface area contributed by atoms with Crippen molar-refractivity contribution in [2.45, 2.75) is 39.5 Å². The number of likely N-dealkylation sites (tertiary alicyclic amines) is 1. The number of carbonyl (C=O) groups excluding carboxylic acids is 1. The first kappa shape index (κ1) is 22.1. The summed E-state index contributed by atoms with van der Waals surface area (Å²) in [7, 11) is 1.58. The van der Waals surface area contributed by atoms with Crippen LogP contribution in [0.25, 0.3) is 0 Å². The molecule has 1 aromatic rings. The Kier molecular flexibility index (Phi) is 9.04. The second-order valence-electron chi connectivity index (χ2n) is 7.24. The fourth-order valence-electron chi connectivity index (χ4n) is 3.43. The monoisotopic (exact) mass is 388 g/mol. The van der Waals surface area contributed by atoms with Crippen molar-refractivity contribution in [1.82, 2.24) is 4.90 Å². The lowest BCUT2D eigenvalue weighted by atomic mass is 9.89. The summed E-state index contributed by atoms with van der Waals surface area (Å²) < 4.78 is 5.33. The molecule has 1 fully saturated rings. The van der Waals surface area contributed by atoms with Gasteiger partial charge in [-0.1, -0.05) is 25.4 Å². The van der Waals surface area contributed by atoms with Gasteiger partial charge in [-0.3, -0.25) is 4.79 Å². The number of nitrogens with zero attached hydrogens (tertiary/aromatic N) is 1. The number of anilines is 1.